The van der Waals surface area contributed by atoms with E-state index in [0.717, 1.165) is 5.92 Å². The van der Waals surface area contributed by atoms with Crippen molar-refractivity contribution in [3.05, 3.63) is 5.92 Å². The highest BCUT2D eigenvalue weighted by atomic mass is 14.1. The van der Waals surface area contributed by atoms with E-state index in [1.54, 1.807) is 5.92 Å². The van der Waals surface area contributed by atoms with Gasteiger partial charge >= 0.3 is 0 Å². The molecule has 0 aliphatic carbocycles. The number of rotatable bonds is 3. The first kappa shape index (κ1) is 8.00. The Morgan fingerprint density at radius 1 is 1.12 bits per heavy atom. The van der Waals surface area contributed by atoms with Gasteiger partial charge in [-0.25, -0.2) is 0 Å². The van der Waals surface area contributed by atoms with E-state index in [1.807, 2.05) is 0 Å². The summed E-state index contributed by atoms with van der Waals surface area (Å²) in [5, 5.41) is 0. The first-order chi connectivity index (χ1) is 3.72. The van der Waals surface area contributed by atoms with Gasteiger partial charge in [-0.05, 0) is 24.7 Å². The molecule has 49 valence electrons. The molecule has 0 aliphatic rings. The van der Waals surface area contributed by atoms with E-state index in [2.05, 4.69) is 27.7 Å². The minimum atomic E-state index is 0.796. The van der Waals surface area contributed by atoms with Crippen molar-refractivity contribution in [2.75, 3.05) is 0 Å². The summed E-state index contributed by atoms with van der Waals surface area (Å²) in [6, 6.07) is 0. The lowest BCUT2D eigenvalue weighted by Gasteiger charge is -2.14. The Kier molecular flexibility index (Phi) is 3.94. The number of hydrogen-bond acceptors (Lipinski definition) is 0. The average molecular weight is 113 g/mol. The van der Waals surface area contributed by atoms with Gasteiger partial charge in [0.2, 0.25) is 0 Å². The molecule has 0 aromatic heterocycles. The van der Waals surface area contributed by atoms with Gasteiger partial charge in [0.1, 0.15) is 0 Å². The molecular weight excluding hydrogens is 96.1 g/mol. The second kappa shape index (κ2) is 3.94. The molecule has 0 atom stereocenters. The molecule has 0 aromatic carbocycles. The van der Waals surface area contributed by atoms with Crippen LogP contribution in [-0.4, -0.2) is 0 Å². The largest absolute Gasteiger partial charge is 0.0648 e. The molecule has 0 aromatic rings. The van der Waals surface area contributed by atoms with Gasteiger partial charge in [0.15, 0.2) is 0 Å². The highest BCUT2D eigenvalue weighted by Gasteiger charge is 2.06. The van der Waals surface area contributed by atoms with Gasteiger partial charge in [0.05, 0.1) is 0 Å². The summed E-state index contributed by atoms with van der Waals surface area (Å²) in [7, 11) is 0. The van der Waals surface area contributed by atoms with Crippen LogP contribution in [0.2, 0.25) is 0 Å². The maximum atomic E-state index is 2.27. The van der Waals surface area contributed by atoms with E-state index in [-0.39, 0.29) is 0 Å². The van der Waals surface area contributed by atoms with Crippen molar-refractivity contribution in [1.29, 1.82) is 0 Å². The Bertz CT molecular complexity index is 42.0. The van der Waals surface area contributed by atoms with E-state index in [9.17, 15) is 0 Å². The third-order valence-electron chi connectivity index (χ3n) is 1.72. The van der Waals surface area contributed by atoms with Crippen molar-refractivity contribution in [2.24, 2.45) is 5.92 Å². The van der Waals surface area contributed by atoms with Crippen molar-refractivity contribution in [1.82, 2.24) is 0 Å². The Balaban J connectivity index is 3.35. The summed E-state index contributed by atoms with van der Waals surface area (Å²) >= 11 is 0. The fourth-order valence-electron chi connectivity index (χ4n) is 1.07. The Labute approximate surface area is 53.3 Å². The fourth-order valence-corrected chi connectivity index (χ4v) is 1.07. The second-order valence-corrected chi connectivity index (χ2v) is 2.52. The third kappa shape index (κ3) is 2.34. The summed E-state index contributed by atoms with van der Waals surface area (Å²) in [5.41, 5.74) is 0. The molecule has 8 heavy (non-hydrogen) atoms. The molecule has 0 saturated heterocycles. The topological polar surface area (TPSA) is 0 Å². The molecule has 0 amide bonds. The van der Waals surface area contributed by atoms with Crippen molar-refractivity contribution < 1.29 is 0 Å². The van der Waals surface area contributed by atoms with Crippen molar-refractivity contribution >= 4 is 0 Å². The zero-order valence-electron chi connectivity index (χ0n) is 6.49. The Hall–Kier alpha value is 0. The van der Waals surface area contributed by atoms with Gasteiger partial charge in [-0.3, -0.25) is 0 Å². The first-order valence-corrected chi connectivity index (χ1v) is 3.56. The highest BCUT2D eigenvalue weighted by Crippen LogP contribution is 2.19. The zero-order chi connectivity index (χ0) is 6.57. The molecule has 0 spiro atoms. The van der Waals surface area contributed by atoms with Crippen LogP contribution in [0.15, 0.2) is 0 Å². The number of hydrogen-bond donors (Lipinski definition) is 0. The van der Waals surface area contributed by atoms with E-state index >= 15 is 0 Å². The molecule has 0 rings (SSSR count). The minimum Gasteiger partial charge on any atom is -0.0648 e. The summed E-state index contributed by atoms with van der Waals surface area (Å²) in [5.74, 6) is 2.48. The Morgan fingerprint density at radius 2 is 1.50 bits per heavy atom. The molecule has 0 nitrogen and oxygen atoms in total. The van der Waals surface area contributed by atoms with Gasteiger partial charge in [-0.15, -0.1) is 0 Å². The molecule has 0 heteroatoms. The van der Waals surface area contributed by atoms with E-state index in [1.165, 1.54) is 12.8 Å². The fraction of sp³-hybridized carbons (Fsp3) is 0.875. The average Bonchev–Trinajstić information content (AvgIpc) is 1.69. The zero-order valence-corrected chi connectivity index (χ0v) is 6.49. The van der Waals surface area contributed by atoms with Crippen LogP contribution in [0.3, 0.4) is 0 Å². The van der Waals surface area contributed by atoms with Gasteiger partial charge < -0.3 is 0 Å². The van der Waals surface area contributed by atoms with Gasteiger partial charge in [-0.1, -0.05) is 27.7 Å². The maximum absolute atomic E-state index is 2.27. The van der Waals surface area contributed by atoms with E-state index in [0.29, 0.717) is 0 Å². The molecule has 0 heterocycles. The van der Waals surface area contributed by atoms with E-state index in [4.69, 9.17) is 0 Å². The third-order valence-corrected chi connectivity index (χ3v) is 1.72. The Morgan fingerprint density at radius 3 is 1.50 bits per heavy atom. The van der Waals surface area contributed by atoms with Crippen LogP contribution in [0.5, 0.6) is 0 Å². The van der Waals surface area contributed by atoms with Crippen LogP contribution in [0, 0.1) is 11.8 Å². The van der Waals surface area contributed by atoms with Crippen LogP contribution in [0.25, 0.3) is 0 Å². The monoisotopic (exact) mass is 113 g/mol. The molecule has 0 aliphatic heterocycles. The quantitative estimate of drug-likeness (QED) is 0.527. The molecule has 0 bridgehead atoms. The molecule has 0 fully saturated rings. The van der Waals surface area contributed by atoms with Crippen LogP contribution in [-0.2, 0) is 0 Å². The first-order valence-electron chi connectivity index (χ1n) is 3.56. The molecule has 0 unspecified atom stereocenters. The van der Waals surface area contributed by atoms with Crippen LogP contribution in [0.1, 0.15) is 40.5 Å². The summed E-state index contributed by atoms with van der Waals surface area (Å²) in [4.78, 5) is 0. The standard InChI is InChI=1S/C8H17/c1-5-8(6-2)7(3)4/h7H,5-6H2,1-4H3. The SMILES string of the molecule is CC[C](CC)C(C)C. The summed E-state index contributed by atoms with van der Waals surface area (Å²) < 4.78 is 0. The van der Waals surface area contributed by atoms with Crippen LogP contribution >= 0.6 is 0 Å². The van der Waals surface area contributed by atoms with Crippen molar-refractivity contribution in [3.63, 3.8) is 0 Å². The van der Waals surface area contributed by atoms with Crippen molar-refractivity contribution in [2.45, 2.75) is 40.5 Å². The lowest BCUT2D eigenvalue weighted by molar-refractivity contribution is 0.583. The lowest BCUT2D eigenvalue weighted by atomic mass is 9.91. The molecule has 0 N–H and O–H groups in total. The lowest BCUT2D eigenvalue weighted by Crippen LogP contribution is -2.01. The molecule has 1 radical (unpaired) electrons. The van der Waals surface area contributed by atoms with Gasteiger partial charge in [0.25, 0.3) is 0 Å². The minimum absolute atomic E-state index is 0.796. The predicted octanol–water partition coefficient (Wildman–Crippen LogP) is 3.04. The van der Waals surface area contributed by atoms with Gasteiger partial charge in [0, 0.05) is 0 Å². The predicted molar refractivity (Wildman–Crippen MR) is 38.7 cm³/mol. The summed E-state index contributed by atoms with van der Waals surface area (Å²) in [6.07, 6.45) is 2.52. The maximum Gasteiger partial charge on any atom is -0.0221 e. The smallest absolute Gasteiger partial charge is 0.0221 e. The van der Waals surface area contributed by atoms with Gasteiger partial charge in [-0.2, -0.15) is 0 Å². The van der Waals surface area contributed by atoms with Crippen LogP contribution in [0.4, 0.5) is 0 Å². The normalized spacial score (nSPS) is 11.2. The molecular formula is C8H17. The summed E-state index contributed by atoms with van der Waals surface area (Å²) in [6.45, 7) is 9.00. The second-order valence-electron chi connectivity index (χ2n) is 2.52. The highest BCUT2D eigenvalue weighted by molar-refractivity contribution is 4.89. The van der Waals surface area contributed by atoms with Crippen molar-refractivity contribution in [3.8, 4) is 0 Å². The molecule has 0 saturated carbocycles. The van der Waals surface area contributed by atoms with E-state index < -0.39 is 0 Å². The van der Waals surface area contributed by atoms with Crippen LogP contribution < -0.4 is 0 Å².